The molecule has 2 amide bonds. The average Bonchev–Trinajstić information content (AvgIpc) is 3.20. The molecule has 2 fully saturated rings. The van der Waals surface area contributed by atoms with Crippen molar-refractivity contribution in [2.24, 2.45) is 17.3 Å². The van der Waals surface area contributed by atoms with Gasteiger partial charge >= 0.3 is 5.97 Å². The average molecular weight is 675 g/mol. The van der Waals surface area contributed by atoms with Crippen molar-refractivity contribution >= 4 is 17.8 Å². The van der Waals surface area contributed by atoms with Crippen LogP contribution in [-0.2, 0) is 23.9 Å². The Morgan fingerprint density at radius 3 is 2.38 bits per heavy atom. The molecule has 0 saturated carbocycles. The van der Waals surface area contributed by atoms with Gasteiger partial charge < -0.3 is 45.4 Å². The molecule has 0 bridgehead atoms. The van der Waals surface area contributed by atoms with Gasteiger partial charge in [-0.3, -0.25) is 14.8 Å². The van der Waals surface area contributed by atoms with Crippen LogP contribution in [-0.4, -0.2) is 105 Å². The Hall–Kier alpha value is -3.59. The van der Waals surface area contributed by atoms with E-state index in [1.165, 1.54) is 26.0 Å². The molecule has 0 unspecified atom stereocenters. The van der Waals surface area contributed by atoms with Gasteiger partial charge in [0.1, 0.15) is 12.2 Å². The van der Waals surface area contributed by atoms with E-state index in [2.05, 4.69) is 5.32 Å². The van der Waals surface area contributed by atoms with Gasteiger partial charge in [0.25, 0.3) is 0 Å². The smallest absolute Gasteiger partial charge is 0.338 e. The molecule has 2 rings (SSSR count). The third kappa shape index (κ3) is 8.16. The number of ether oxygens (including phenoxy) is 2. The number of allylic oxidation sites excluding steroid dienone is 9. The van der Waals surface area contributed by atoms with Crippen molar-refractivity contribution in [1.82, 2.24) is 15.4 Å². The van der Waals surface area contributed by atoms with Crippen LogP contribution in [0.15, 0.2) is 71.5 Å². The van der Waals surface area contributed by atoms with Crippen molar-refractivity contribution in [1.29, 1.82) is 0 Å². The number of hydrogen-bond acceptors (Lipinski definition) is 11. The molecular weight excluding hydrogens is 622 g/mol. The quantitative estimate of drug-likeness (QED) is 0.0919. The molecule has 7 atom stereocenters. The maximum absolute atomic E-state index is 12.9. The monoisotopic (exact) mass is 674 g/mol. The fourth-order valence-corrected chi connectivity index (χ4v) is 5.97. The van der Waals surface area contributed by atoms with E-state index in [0.29, 0.717) is 11.1 Å². The highest BCUT2D eigenvalue weighted by Gasteiger charge is 2.77. The number of rotatable bonds is 16. The summed E-state index contributed by atoms with van der Waals surface area (Å²) in [5.74, 6) is -2.77. The van der Waals surface area contributed by atoms with Crippen LogP contribution in [0, 0.1) is 22.5 Å². The Morgan fingerprint density at radius 2 is 1.83 bits per heavy atom. The van der Waals surface area contributed by atoms with E-state index in [4.69, 9.17) is 14.7 Å². The van der Waals surface area contributed by atoms with Gasteiger partial charge in [-0.05, 0) is 58.1 Å². The van der Waals surface area contributed by atoms with Gasteiger partial charge in [-0.1, -0.05) is 68.5 Å². The Labute approximate surface area is 283 Å². The summed E-state index contributed by atoms with van der Waals surface area (Å²) >= 11 is 0. The lowest BCUT2D eigenvalue weighted by atomic mass is 9.68. The molecule has 2 aliphatic rings. The van der Waals surface area contributed by atoms with Crippen LogP contribution < -0.4 is 5.32 Å². The number of likely N-dealkylation sites (tertiary alicyclic amines) is 1. The summed E-state index contributed by atoms with van der Waals surface area (Å²) in [5, 5.41) is 55.9. The lowest BCUT2D eigenvalue weighted by Crippen LogP contribution is -2.76. The molecule has 1 spiro atoms. The highest BCUT2D eigenvalue weighted by molar-refractivity contribution is 5.99. The van der Waals surface area contributed by atoms with Crippen LogP contribution in [0.3, 0.4) is 0 Å². The highest BCUT2D eigenvalue weighted by atomic mass is 16.8. The van der Waals surface area contributed by atoms with Crippen molar-refractivity contribution in [3.63, 3.8) is 0 Å². The van der Waals surface area contributed by atoms with Crippen molar-refractivity contribution in [3.8, 4) is 0 Å². The van der Waals surface area contributed by atoms with Crippen LogP contribution in [0.4, 0.5) is 0 Å². The van der Waals surface area contributed by atoms with Gasteiger partial charge in [-0.15, -0.1) is 0 Å². The second-order valence-corrected chi connectivity index (χ2v) is 13.2. The number of nitrogens with one attached hydrogen (secondary N) is 1. The number of hydrogen-bond donors (Lipinski definition) is 5. The first-order valence-corrected chi connectivity index (χ1v) is 15.8. The van der Waals surface area contributed by atoms with E-state index in [1.807, 2.05) is 0 Å². The van der Waals surface area contributed by atoms with Gasteiger partial charge in [-0.25, -0.2) is 4.79 Å². The SMILES string of the molecule is CO[C@@H](C[C@@H](C)[C@@H](O)/C=C/C=C/CNC(=O)C(C)(C)[C@H](O)/C(C)=C/C=C/C=C/C(C)=C(\C)N([O-])O)[C@]1(O)[C@@H](C)C(=O)N(C)[C@@]12COC2=O. The normalized spacial score (nSPS) is 26.8. The summed E-state index contributed by atoms with van der Waals surface area (Å²) in [6, 6.07) is 0. The van der Waals surface area contributed by atoms with E-state index < -0.39 is 52.7 Å². The number of esters is 1. The van der Waals surface area contributed by atoms with Crippen molar-refractivity contribution < 1.29 is 44.4 Å². The van der Waals surface area contributed by atoms with Crippen LogP contribution in [0.1, 0.15) is 54.9 Å². The van der Waals surface area contributed by atoms with E-state index in [-0.39, 0.29) is 42.3 Å². The van der Waals surface area contributed by atoms with Gasteiger partial charge in [0.2, 0.25) is 17.4 Å². The summed E-state index contributed by atoms with van der Waals surface area (Å²) in [7, 11) is 2.86. The second kappa shape index (κ2) is 16.7. The number of aliphatic hydroxyl groups excluding tert-OH is 2. The molecule has 13 nitrogen and oxygen atoms in total. The first kappa shape index (κ1) is 40.6. The molecule has 268 valence electrons. The molecule has 0 aromatic heterocycles. The van der Waals surface area contributed by atoms with Crippen LogP contribution in [0.5, 0.6) is 0 Å². The number of methoxy groups -OCH3 is 1. The fraction of sp³-hybridized carbons (Fsp3) is 0.571. The van der Waals surface area contributed by atoms with Gasteiger partial charge in [-0.2, -0.15) is 0 Å². The van der Waals surface area contributed by atoms with Gasteiger partial charge in [0, 0.05) is 26.4 Å². The summed E-state index contributed by atoms with van der Waals surface area (Å²) in [4.78, 5) is 39.4. The molecular formula is C35H52N3O10-. The molecule has 2 aliphatic heterocycles. The second-order valence-electron chi connectivity index (χ2n) is 13.2. The number of cyclic esters (lactones) is 1. The van der Waals surface area contributed by atoms with Crippen LogP contribution >= 0.6 is 0 Å². The fourth-order valence-electron chi connectivity index (χ4n) is 5.97. The maximum atomic E-state index is 12.9. The molecule has 2 saturated heterocycles. The first-order valence-electron chi connectivity index (χ1n) is 15.8. The van der Waals surface area contributed by atoms with Gasteiger partial charge in [0.05, 0.1) is 29.6 Å². The topological polar surface area (TPSA) is 192 Å². The maximum Gasteiger partial charge on any atom is 0.338 e. The predicted octanol–water partition coefficient (Wildman–Crippen LogP) is 2.68. The van der Waals surface area contributed by atoms with Crippen molar-refractivity contribution in [2.45, 2.75) is 84.3 Å². The number of carbonyl (C=O) groups is 3. The summed E-state index contributed by atoms with van der Waals surface area (Å²) in [6.45, 7) is 11.5. The molecule has 48 heavy (non-hydrogen) atoms. The Morgan fingerprint density at radius 1 is 1.19 bits per heavy atom. The Kier molecular flexibility index (Phi) is 14.1. The standard InChI is InChI=1S/C35H52N3O10/c1-22(26(5)38(45)46)16-12-10-13-17-23(2)29(40)33(6,7)31(42)36-19-15-11-14-18-27(39)24(3)20-28(47-9)35(44)25(4)30(41)37(8)34(35)21-48-32(34)43/h10-18,24-25,27-29,39-40,44-45H,19-21H2,1-9H3,(H,36,42)/q-1/b13-10+,15-11+,16-12+,18-14+,23-17+,26-22+/t24-,25+,27+,28+,29-,34-,35-/m1/s1. The minimum Gasteiger partial charge on any atom is -0.734 e. The molecule has 0 radical (unpaired) electrons. The molecule has 0 aromatic carbocycles. The number of hydroxylamine groups is 2. The van der Waals surface area contributed by atoms with Crippen LogP contribution in [0.2, 0.25) is 0 Å². The molecule has 0 aromatic rings. The van der Waals surface area contributed by atoms with E-state index in [1.54, 1.807) is 96.2 Å². The number of nitrogens with zero attached hydrogens (tertiary/aromatic N) is 2. The molecule has 13 heteroatoms. The lowest BCUT2D eigenvalue weighted by Gasteiger charge is -2.51. The summed E-state index contributed by atoms with van der Waals surface area (Å²) in [6.07, 6.45) is 12.1. The molecule has 5 N–H and O–H groups in total. The largest absolute Gasteiger partial charge is 0.734 e. The minimum atomic E-state index is -1.84. The third-order valence-corrected chi connectivity index (χ3v) is 9.71. The number of aliphatic hydroxyl groups is 3. The van der Waals surface area contributed by atoms with Crippen molar-refractivity contribution in [2.75, 3.05) is 27.3 Å². The zero-order valence-electron chi connectivity index (χ0n) is 29.3. The Bertz CT molecular complexity index is 1360. The minimum absolute atomic E-state index is 0.134. The molecule has 0 aliphatic carbocycles. The highest BCUT2D eigenvalue weighted by Crippen LogP contribution is 2.51. The van der Waals surface area contributed by atoms with E-state index >= 15 is 0 Å². The zero-order valence-corrected chi connectivity index (χ0v) is 29.3. The summed E-state index contributed by atoms with van der Waals surface area (Å²) in [5.41, 5.74) is -3.20. The number of likely N-dealkylation sites (N-methyl/N-ethyl adjacent to an activating group) is 1. The van der Waals surface area contributed by atoms with Gasteiger partial charge in [0.15, 0.2) is 0 Å². The zero-order chi connectivity index (χ0) is 36.6. The number of carbonyl (C=O) groups excluding carboxylic acids is 3. The number of amides is 2. The third-order valence-electron chi connectivity index (χ3n) is 9.71. The van der Waals surface area contributed by atoms with Crippen LogP contribution in [0.25, 0.3) is 0 Å². The van der Waals surface area contributed by atoms with Crippen molar-refractivity contribution in [3.05, 3.63) is 76.7 Å². The predicted molar refractivity (Wildman–Crippen MR) is 180 cm³/mol. The lowest BCUT2D eigenvalue weighted by molar-refractivity contribution is -0.235. The summed E-state index contributed by atoms with van der Waals surface area (Å²) < 4.78 is 10.6. The first-order chi connectivity index (χ1) is 22.3. The Balaban J connectivity index is 1.92. The van der Waals surface area contributed by atoms with E-state index in [9.17, 15) is 34.9 Å². The molecule has 2 heterocycles. The van der Waals surface area contributed by atoms with E-state index in [0.717, 1.165) is 0 Å².